The minimum Gasteiger partial charge on any atom is -0.325 e. The molecule has 1 saturated carbocycles. The maximum Gasteiger partial charge on any atom is 0.237 e. The van der Waals surface area contributed by atoms with Gasteiger partial charge in [-0.05, 0) is 44.0 Å². The highest BCUT2D eigenvalue weighted by Crippen LogP contribution is 2.38. The fourth-order valence-electron chi connectivity index (χ4n) is 2.01. The Bertz CT molecular complexity index is 637. The van der Waals surface area contributed by atoms with Crippen molar-refractivity contribution < 1.29 is 4.79 Å². The van der Waals surface area contributed by atoms with Crippen LogP contribution in [0.25, 0.3) is 0 Å². The van der Waals surface area contributed by atoms with Crippen molar-refractivity contribution in [3.8, 4) is 0 Å². The van der Waals surface area contributed by atoms with E-state index in [9.17, 15) is 4.79 Å². The van der Waals surface area contributed by atoms with Gasteiger partial charge < -0.3 is 9.88 Å². The number of hydrogen-bond donors (Lipinski definition) is 1. The first-order valence-electron chi connectivity index (χ1n) is 6.89. The van der Waals surface area contributed by atoms with Crippen molar-refractivity contribution in [3.63, 3.8) is 0 Å². The molecule has 1 aromatic carbocycles. The number of amides is 1. The van der Waals surface area contributed by atoms with Crippen LogP contribution in [0, 0.1) is 0 Å². The highest BCUT2D eigenvalue weighted by atomic mass is 79.9. The molecule has 1 aliphatic rings. The summed E-state index contributed by atoms with van der Waals surface area (Å²) in [5.74, 6) is -0.00679. The molecular formula is C15H16BrN3OS. The number of anilines is 1. The summed E-state index contributed by atoms with van der Waals surface area (Å²) in [6, 6.07) is 8.16. The number of nitrogens with zero attached hydrogens (tertiary/aromatic N) is 2. The molecule has 1 amide bonds. The lowest BCUT2D eigenvalue weighted by atomic mass is 10.3. The minimum atomic E-state index is -0.187. The number of imidazole rings is 1. The average molecular weight is 366 g/mol. The van der Waals surface area contributed by atoms with E-state index < -0.39 is 0 Å². The van der Waals surface area contributed by atoms with E-state index in [0.717, 1.165) is 15.3 Å². The number of carbonyl (C=O) groups excluding carboxylic acids is 1. The van der Waals surface area contributed by atoms with Gasteiger partial charge >= 0.3 is 0 Å². The monoisotopic (exact) mass is 365 g/mol. The van der Waals surface area contributed by atoms with Crippen LogP contribution in [-0.4, -0.2) is 20.7 Å². The SMILES string of the molecule is CC(Sc1nccn1C1CC1)C(=O)Nc1ccc(Br)cc1. The van der Waals surface area contributed by atoms with Gasteiger partial charge in [-0.25, -0.2) is 4.98 Å². The van der Waals surface area contributed by atoms with E-state index in [1.807, 2.05) is 37.4 Å². The van der Waals surface area contributed by atoms with Gasteiger partial charge in [-0.1, -0.05) is 27.7 Å². The molecule has 6 heteroatoms. The van der Waals surface area contributed by atoms with E-state index in [1.165, 1.54) is 24.6 Å². The molecule has 0 spiro atoms. The Balaban J connectivity index is 1.61. The molecule has 2 aromatic rings. The second-order valence-corrected chi connectivity index (χ2v) is 7.33. The first-order valence-corrected chi connectivity index (χ1v) is 8.56. The van der Waals surface area contributed by atoms with E-state index >= 15 is 0 Å². The van der Waals surface area contributed by atoms with Crippen LogP contribution in [-0.2, 0) is 4.79 Å². The summed E-state index contributed by atoms with van der Waals surface area (Å²) < 4.78 is 3.17. The van der Waals surface area contributed by atoms with Gasteiger partial charge in [0.2, 0.25) is 5.91 Å². The van der Waals surface area contributed by atoms with Gasteiger partial charge in [-0.15, -0.1) is 0 Å². The summed E-state index contributed by atoms with van der Waals surface area (Å²) in [6.07, 6.45) is 6.23. The lowest BCUT2D eigenvalue weighted by Gasteiger charge is -2.12. The predicted molar refractivity (Wildman–Crippen MR) is 88.6 cm³/mol. The van der Waals surface area contributed by atoms with Crippen LogP contribution in [0.1, 0.15) is 25.8 Å². The standard InChI is InChI=1S/C15H16BrN3OS/c1-10(14(20)18-12-4-2-11(16)3-5-12)21-15-17-8-9-19(15)13-6-7-13/h2-5,8-10,13H,6-7H2,1H3,(H,18,20). The van der Waals surface area contributed by atoms with Gasteiger partial charge in [0, 0.05) is 28.6 Å². The fraction of sp³-hybridized carbons (Fsp3) is 0.333. The van der Waals surface area contributed by atoms with Crippen LogP contribution >= 0.6 is 27.7 Å². The molecule has 1 N–H and O–H groups in total. The van der Waals surface area contributed by atoms with Gasteiger partial charge in [0.05, 0.1) is 5.25 Å². The second-order valence-electron chi connectivity index (χ2n) is 5.10. The molecule has 0 bridgehead atoms. The zero-order chi connectivity index (χ0) is 14.8. The molecule has 1 heterocycles. The third-order valence-electron chi connectivity index (χ3n) is 3.34. The molecule has 21 heavy (non-hydrogen) atoms. The molecule has 0 aliphatic heterocycles. The smallest absolute Gasteiger partial charge is 0.237 e. The van der Waals surface area contributed by atoms with E-state index in [0.29, 0.717) is 6.04 Å². The molecule has 1 unspecified atom stereocenters. The second kappa shape index (κ2) is 6.23. The Hall–Kier alpha value is -1.27. The molecule has 1 aromatic heterocycles. The van der Waals surface area contributed by atoms with Crippen molar-refractivity contribution >= 4 is 39.3 Å². The summed E-state index contributed by atoms with van der Waals surface area (Å²) in [7, 11) is 0. The summed E-state index contributed by atoms with van der Waals surface area (Å²) in [5.41, 5.74) is 0.807. The number of nitrogens with one attached hydrogen (secondary N) is 1. The van der Waals surface area contributed by atoms with Crippen molar-refractivity contribution in [1.82, 2.24) is 9.55 Å². The summed E-state index contributed by atoms with van der Waals surface area (Å²) in [5, 5.41) is 3.67. The van der Waals surface area contributed by atoms with Gasteiger partial charge in [0.15, 0.2) is 5.16 Å². The Kier molecular flexibility index (Phi) is 4.35. The lowest BCUT2D eigenvalue weighted by molar-refractivity contribution is -0.115. The number of hydrogen-bond acceptors (Lipinski definition) is 3. The number of halogens is 1. The maximum absolute atomic E-state index is 12.2. The summed E-state index contributed by atoms with van der Waals surface area (Å²) in [4.78, 5) is 16.6. The normalized spacial score (nSPS) is 15.7. The van der Waals surface area contributed by atoms with Crippen molar-refractivity contribution in [3.05, 3.63) is 41.1 Å². The number of rotatable bonds is 5. The zero-order valence-corrected chi connectivity index (χ0v) is 14.0. The van der Waals surface area contributed by atoms with Crippen molar-refractivity contribution in [2.24, 2.45) is 0 Å². The Morgan fingerprint density at radius 3 is 2.81 bits per heavy atom. The Morgan fingerprint density at radius 1 is 1.43 bits per heavy atom. The van der Waals surface area contributed by atoms with Gasteiger partial charge in [-0.3, -0.25) is 4.79 Å². The van der Waals surface area contributed by atoms with Crippen LogP contribution in [0.4, 0.5) is 5.69 Å². The maximum atomic E-state index is 12.2. The molecule has 0 radical (unpaired) electrons. The van der Waals surface area contributed by atoms with Crippen LogP contribution < -0.4 is 5.32 Å². The van der Waals surface area contributed by atoms with Crippen molar-refractivity contribution in [2.75, 3.05) is 5.32 Å². The molecule has 1 atom stereocenters. The zero-order valence-electron chi connectivity index (χ0n) is 11.6. The van der Waals surface area contributed by atoms with Crippen molar-refractivity contribution in [2.45, 2.75) is 36.2 Å². The summed E-state index contributed by atoms with van der Waals surface area (Å²) >= 11 is 4.89. The predicted octanol–water partition coefficient (Wildman–Crippen LogP) is 4.10. The first-order chi connectivity index (χ1) is 10.1. The molecule has 110 valence electrons. The van der Waals surface area contributed by atoms with Gasteiger partial charge in [-0.2, -0.15) is 0 Å². The summed E-state index contributed by atoms with van der Waals surface area (Å²) in [6.45, 7) is 1.91. The van der Waals surface area contributed by atoms with Crippen LogP contribution in [0.5, 0.6) is 0 Å². The van der Waals surface area contributed by atoms with E-state index in [2.05, 4.69) is 30.8 Å². The largest absolute Gasteiger partial charge is 0.325 e. The van der Waals surface area contributed by atoms with E-state index in [1.54, 1.807) is 6.20 Å². The molecule has 3 rings (SSSR count). The van der Waals surface area contributed by atoms with Crippen molar-refractivity contribution in [1.29, 1.82) is 0 Å². The number of carbonyl (C=O) groups is 1. The lowest BCUT2D eigenvalue weighted by Crippen LogP contribution is -2.22. The fourth-order valence-corrected chi connectivity index (χ4v) is 3.21. The van der Waals surface area contributed by atoms with Crippen LogP contribution in [0.2, 0.25) is 0 Å². The molecular weight excluding hydrogens is 350 g/mol. The third kappa shape index (κ3) is 3.68. The molecule has 1 aliphatic carbocycles. The topological polar surface area (TPSA) is 46.9 Å². The van der Waals surface area contributed by atoms with Gasteiger partial charge in [0.1, 0.15) is 0 Å². The minimum absolute atomic E-state index is 0.00679. The molecule has 1 fully saturated rings. The van der Waals surface area contributed by atoms with E-state index in [-0.39, 0.29) is 11.2 Å². The van der Waals surface area contributed by atoms with Gasteiger partial charge in [0.25, 0.3) is 0 Å². The average Bonchev–Trinajstić information content (AvgIpc) is 3.21. The van der Waals surface area contributed by atoms with E-state index in [4.69, 9.17) is 0 Å². The Morgan fingerprint density at radius 2 is 2.14 bits per heavy atom. The highest BCUT2D eigenvalue weighted by Gasteiger charge is 2.27. The molecule has 0 saturated heterocycles. The molecule has 4 nitrogen and oxygen atoms in total. The highest BCUT2D eigenvalue weighted by molar-refractivity contribution is 9.10. The number of thioether (sulfide) groups is 1. The van der Waals surface area contributed by atoms with Crippen LogP contribution in [0.15, 0.2) is 46.3 Å². The first kappa shape index (κ1) is 14.7. The number of benzene rings is 1. The number of aromatic nitrogens is 2. The quantitative estimate of drug-likeness (QED) is 0.811. The Labute approximate surface area is 136 Å². The van der Waals surface area contributed by atoms with Crippen LogP contribution in [0.3, 0.4) is 0 Å². The third-order valence-corrected chi connectivity index (χ3v) is 4.96.